The average molecular weight is 362 g/mol. The molecule has 1 unspecified atom stereocenters. The van der Waals surface area contributed by atoms with Crippen molar-refractivity contribution in [1.29, 1.82) is 0 Å². The fourth-order valence-corrected chi connectivity index (χ4v) is 3.75. The number of cyclic esters (lactones) is 1. The Labute approximate surface area is 150 Å². The summed E-state index contributed by atoms with van der Waals surface area (Å²) in [7, 11) is 0. The van der Waals surface area contributed by atoms with Crippen LogP contribution in [0.25, 0.3) is 0 Å². The van der Waals surface area contributed by atoms with E-state index in [0.717, 1.165) is 0 Å². The Morgan fingerprint density at radius 2 is 2.04 bits per heavy atom. The van der Waals surface area contributed by atoms with Crippen LogP contribution < -0.4 is 5.56 Å². The number of ether oxygens (including phenoxy) is 3. The highest BCUT2D eigenvalue weighted by atomic mass is 16.6. The third-order valence-corrected chi connectivity index (χ3v) is 4.98. The van der Waals surface area contributed by atoms with Gasteiger partial charge in [-0.25, -0.2) is 9.59 Å². The van der Waals surface area contributed by atoms with E-state index in [2.05, 4.69) is 0 Å². The number of esters is 1. The fourth-order valence-electron chi connectivity index (χ4n) is 3.75. The molecule has 4 heterocycles. The summed E-state index contributed by atoms with van der Waals surface area (Å²) < 4.78 is 17.9. The molecule has 0 saturated carbocycles. The van der Waals surface area contributed by atoms with Gasteiger partial charge >= 0.3 is 12.1 Å². The van der Waals surface area contributed by atoms with Crippen molar-refractivity contribution in [2.24, 2.45) is 0 Å². The van der Waals surface area contributed by atoms with Crippen molar-refractivity contribution in [2.75, 3.05) is 19.7 Å². The third kappa shape index (κ3) is 2.78. The van der Waals surface area contributed by atoms with Crippen molar-refractivity contribution >= 4 is 12.1 Å². The number of carbonyl (C=O) groups excluding carboxylic acids is 2. The van der Waals surface area contributed by atoms with Gasteiger partial charge in [-0.1, -0.05) is 0 Å². The normalized spacial score (nSPS) is 23.6. The quantitative estimate of drug-likeness (QED) is 0.703. The highest BCUT2D eigenvalue weighted by molar-refractivity contribution is 5.93. The number of pyridine rings is 1. The van der Waals surface area contributed by atoms with Crippen LogP contribution in [-0.4, -0.2) is 52.4 Å². The average Bonchev–Trinajstić information content (AvgIpc) is 3.10. The number of aromatic nitrogens is 1. The molecule has 1 amide bonds. The second-order valence-electron chi connectivity index (χ2n) is 8.18. The zero-order valence-corrected chi connectivity index (χ0v) is 15.1. The number of hydrogen-bond donors (Lipinski definition) is 0. The second-order valence-corrected chi connectivity index (χ2v) is 8.18. The highest BCUT2D eigenvalue weighted by Gasteiger charge is 2.52. The predicted molar refractivity (Wildman–Crippen MR) is 90.0 cm³/mol. The van der Waals surface area contributed by atoms with Gasteiger partial charge in [0.1, 0.15) is 17.8 Å². The molecule has 0 aromatic carbocycles. The van der Waals surface area contributed by atoms with E-state index in [1.165, 1.54) is 0 Å². The van der Waals surface area contributed by atoms with Crippen molar-refractivity contribution in [3.05, 3.63) is 33.7 Å². The lowest BCUT2D eigenvalue weighted by Gasteiger charge is -2.46. The summed E-state index contributed by atoms with van der Waals surface area (Å²) in [4.78, 5) is 37.9. The van der Waals surface area contributed by atoms with Crippen LogP contribution in [0.15, 0.2) is 17.1 Å². The minimum Gasteiger partial charge on any atom is -0.457 e. The molecule has 3 aliphatic heterocycles. The van der Waals surface area contributed by atoms with Crippen LogP contribution in [0.3, 0.4) is 0 Å². The van der Waals surface area contributed by atoms with Crippen molar-refractivity contribution in [3.63, 3.8) is 0 Å². The maximum atomic E-state index is 12.6. The number of likely N-dealkylation sites (tertiary alicyclic amines) is 1. The first-order valence-corrected chi connectivity index (χ1v) is 8.71. The molecule has 8 nitrogen and oxygen atoms in total. The van der Waals surface area contributed by atoms with E-state index in [9.17, 15) is 14.4 Å². The van der Waals surface area contributed by atoms with Gasteiger partial charge in [0.2, 0.25) is 0 Å². The number of hydrogen-bond acceptors (Lipinski definition) is 6. The summed E-state index contributed by atoms with van der Waals surface area (Å²) in [5, 5.41) is 0. The van der Waals surface area contributed by atoms with Crippen LogP contribution in [0.2, 0.25) is 0 Å². The van der Waals surface area contributed by atoms with Crippen LogP contribution >= 0.6 is 0 Å². The SMILES string of the molecule is CC(C)(C)OC(=O)N1CC2(CC(n3ccc4c(c3=O)COC4=O)CO2)C1. The van der Waals surface area contributed by atoms with Gasteiger partial charge in [-0.15, -0.1) is 0 Å². The van der Waals surface area contributed by atoms with Crippen LogP contribution in [0.1, 0.15) is 49.2 Å². The summed E-state index contributed by atoms with van der Waals surface area (Å²) >= 11 is 0. The molecule has 1 aromatic heterocycles. The lowest BCUT2D eigenvalue weighted by atomic mass is 9.89. The molecule has 0 radical (unpaired) electrons. The number of fused-ring (bicyclic) bond motifs is 1. The first-order valence-electron chi connectivity index (χ1n) is 8.71. The van der Waals surface area contributed by atoms with Gasteiger partial charge in [0.25, 0.3) is 5.56 Å². The van der Waals surface area contributed by atoms with E-state index in [1.807, 2.05) is 20.8 Å². The lowest BCUT2D eigenvalue weighted by Crippen LogP contribution is -2.63. The smallest absolute Gasteiger partial charge is 0.410 e. The van der Waals surface area contributed by atoms with Crippen LogP contribution in [0.4, 0.5) is 4.79 Å². The minimum atomic E-state index is -0.532. The summed E-state index contributed by atoms with van der Waals surface area (Å²) in [6.07, 6.45) is 1.92. The van der Waals surface area contributed by atoms with Gasteiger partial charge in [-0.05, 0) is 26.8 Å². The van der Waals surface area contributed by atoms with E-state index < -0.39 is 17.2 Å². The molecular weight excluding hydrogens is 340 g/mol. The van der Waals surface area contributed by atoms with E-state index >= 15 is 0 Å². The lowest BCUT2D eigenvalue weighted by molar-refractivity contribution is -0.109. The topological polar surface area (TPSA) is 87.1 Å². The molecule has 0 bridgehead atoms. The summed E-state index contributed by atoms with van der Waals surface area (Å²) in [5.74, 6) is -0.449. The van der Waals surface area contributed by atoms with Crippen molar-refractivity contribution < 1.29 is 23.8 Å². The molecule has 0 N–H and O–H groups in total. The Balaban J connectivity index is 1.44. The molecule has 140 valence electrons. The monoisotopic (exact) mass is 362 g/mol. The molecule has 1 atom stereocenters. The second kappa shape index (κ2) is 5.57. The van der Waals surface area contributed by atoms with Gasteiger partial charge in [-0.3, -0.25) is 4.79 Å². The first-order chi connectivity index (χ1) is 12.2. The Bertz CT molecular complexity index is 831. The zero-order valence-electron chi connectivity index (χ0n) is 15.1. The number of amides is 1. The van der Waals surface area contributed by atoms with E-state index in [0.29, 0.717) is 37.2 Å². The molecule has 4 rings (SSSR count). The molecule has 1 spiro atoms. The third-order valence-electron chi connectivity index (χ3n) is 4.98. The van der Waals surface area contributed by atoms with E-state index in [1.54, 1.807) is 21.7 Å². The van der Waals surface area contributed by atoms with E-state index in [4.69, 9.17) is 14.2 Å². The van der Waals surface area contributed by atoms with E-state index in [-0.39, 0.29) is 24.3 Å². The Kier molecular flexibility index (Phi) is 3.66. The highest BCUT2D eigenvalue weighted by Crippen LogP contribution is 2.40. The van der Waals surface area contributed by atoms with Crippen molar-refractivity contribution in [1.82, 2.24) is 9.47 Å². The number of nitrogens with zero attached hydrogens (tertiary/aromatic N) is 2. The fraction of sp³-hybridized carbons (Fsp3) is 0.611. The molecular formula is C18H22N2O6. The summed E-state index contributed by atoms with van der Waals surface area (Å²) in [5.41, 5.74) is -0.410. The molecule has 26 heavy (non-hydrogen) atoms. The van der Waals surface area contributed by atoms with Crippen molar-refractivity contribution in [3.8, 4) is 0 Å². The van der Waals surface area contributed by atoms with Crippen LogP contribution in [0.5, 0.6) is 0 Å². The Morgan fingerprint density at radius 1 is 1.31 bits per heavy atom. The minimum absolute atomic E-state index is 0.0268. The van der Waals surface area contributed by atoms with Gasteiger partial charge < -0.3 is 23.7 Å². The van der Waals surface area contributed by atoms with Gasteiger partial charge in [0, 0.05) is 12.6 Å². The molecule has 8 heteroatoms. The maximum absolute atomic E-state index is 12.6. The standard InChI is InChI=1S/C18H22N2O6/c1-17(2,3)26-16(23)19-9-18(10-19)6-11(7-25-18)20-5-4-12-13(14(20)21)8-24-15(12)22/h4-5,11H,6-10H2,1-3H3. The Morgan fingerprint density at radius 3 is 2.73 bits per heavy atom. The molecule has 2 fully saturated rings. The van der Waals surface area contributed by atoms with Gasteiger partial charge in [-0.2, -0.15) is 0 Å². The largest absolute Gasteiger partial charge is 0.457 e. The van der Waals surface area contributed by atoms with Crippen LogP contribution in [0, 0.1) is 0 Å². The Hall–Kier alpha value is -2.35. The first kappa shape index (κ1) is 17.1. The van der Waals surface area contributed by atoms with Gasteiger partial charge in [0.05, 0.1) is 36.9 Å². The number of rotatable bonds is 1. The molecule has 1 aromatic rings. The van der Waals surface area contributed by atoms with Crippen LogP contribution in [-0.2, 0) is 20.8 Å². The summed E-state index contributed by atoms with van der Waals surface area (Å²) in [6.45, 7) is 6.83. The molecule has 3 aliphatic rings. The zero-order chi connectivity index (χ0) is 18.7. The van der Waals surface area contributed by atoms with Crippen molar-refractivity contribution in [2.45, 2.75) is 51.0 Å². The summed E-state index contributed by atoms with van der Waals surface area (Å²) in [6, 6.07) is 1.51. The molecule has 0 aliphatic carbocycles. The maximum Gasteiger partial charge on any atom is 0.410 e. The number of carbonyl (C=O) groups is 2. The molecule has 2 saturated heterocycles. The van der Waals surface area contributed by atoms with Gasteiger partial charge in [0.15, 0.2) is 0 Å². The predicted octanol–water partition coefficient (Wildman–Crippen LogP) is 1.47.